The molecule has 1 aromatic heterocycles. The lowest BCUT2D eigenvalue weighted by atomic mass is 10.2. The lowest BCUT2D eigenvalue weighted by Gasteiger charge is -2.08. The molecule has 18 heavy (non-hydrogen) atoms. The number of benzene rings is 1. The third-order valence-corrected chi connectivity index (χ3v) is 2.82. The Hall–Kier alpha value is -2.13. The third-order valence-electron chi connectivity index (χ3n) is 2.21. The van der Waals surface area contributed by atoms with Crippen molar-refractivity contribution in [2.24, 2.45) is 0 Å². The van der Waals surface area contributed by atoms with E-state index in [9.17, 15) is 4.39 Å². The van der Waals surface area contributed by atoms with Crippen LogP contribution in [0.4, 0.5) is 21.6 Å². The molecule has 0 saturated carbocycles. The molecule has 0 atom stereocenters. The standard InChI is InChI=1S/C12H8BrFN4/c13-10-4-9(1-2-11(10)14)18-12-7(5-15)3-8(16)6-17-12/h1-4,6H,16H2,(H,17,18). The summed E-state index contributed by atoms with van der Waals surface area (Å²) in [7, 11) is 0. The Morgan fingerprint density at radius 3 is 2.83 bits per heavy atom. The number of halogens is 2. The minimum absolute atomic E-state index is 0.329. The third kappa shape index (κ3) is 2.57. The van der Waals surface area contributed by atoms with Crippen LogP contribution in [-0.2, 0) is 0 Å². The molecule has 0 bridgehead atoms. The quantitative estimate of drug-likeness (QED) is 0.893. The van der Waals surface area contributed by atoms with E-state index in [1.165, 1.54) is 18.3 Å². The summed E-state index contributed by atoms with van der Waals surface area (Å²) >= 11 is 3.09. The highest BCUT2D eigenvalue weighted by atomic mass is 79.9. The molecule has 0 radical (unpaired) electrons. The number of nitrogens with two attached hydrogens (primary N) is 1. The maximum atomic E-state index is 13.1. The maximum absolute atomic E-state index is 13.1. The summed E-state index contributed by atoms with van der Waals surface area (Å²) < 4.78 is 13.4. The first kappa shape index (κ1) is 12.3. The summed E-state index contributed by atoms with van der Waals surface area (Å²) in [5.41, 5.74) is 6.91. The number of nitrogens with one attached hydrogen (secondary N) is 1. The van der Waals surface area contributed by atoms with Crippen LogP contribution in [0.5, 0.6) is 0 Å². The van der Waals surface area contributed by atoms with Gasteiger partial charge in [-0.15, -0.1) is 0 Å². The molecule has 0 unspecified atom stereocenters. The van der Waals surface area contributed by atoms with Gasteiger partial charge in [0.25, 0.3) is 0 Å². The Balaban J connectivity index is 2.34. The molecule has 3 N–H and O–H groups in total. The van der Waals surface area contributed by atoms with Crippen molar-refractivity contribution >= 4 is 33.1 Å². The van der Waals surface area contributed by atoms with E-state index < -0.39 is 0 Å². The van der Waals surface area contributed by atoms with E-state index in [0.29, 0.717) is 27.2 Å². The van der Waals surface area contributed by atoms with Crippen molar-refractivity contribution in [2.75, 3.05) is 11.1 Å². The largest absolute Gasteiger partial charge is 0.397 e. The first-order chi connectivity index (χ1) is 8.60. The fraction of sp³-hybridized carbons (Fsp3) is 0. The molecule has 6 heteroatoms. The second-order valence-corrected chi connectivity index (χ2v) is 4.38. The van der Waals surface area contributed by atoms with Gasteiger partial charge in [0.2, 0.25) is 0 Å². The SMILES string of the molecule is N#Cc1cc(N)cnc1Nc1ccc(F)c(Br)c1. The number of hydrogen-bond acceptors (Lipinski definition) is 4. The fourth-order valence-electron chi connectivity index (χ4n) is 1.38. The van der Waals surface area contributed by atoms with Crippen molar-refractivity contribution in [1.29, 1.82) is 5.26 Å². The first-order valence-electron chi connectivity index (χ1n) is 4.98. The van der Waals surface area contributed by atoms with Crippen LogP contribution >= 0.6 is 15.9 Å². The Bertz CT molecular complexity index is 636. The van der Waals surface area contributed by atoms with Crippen molar-refractivity contribution in [3.8, 4) is 6.07 Å². The van der Waals surface area contributed by atoms with Gasteiger partial charge in [0.1, 0.15) is 17.7 Å². The molecule has 0 aliphatic heterocycles. The summed E-state index contributed by atoms with van der Waals surface area (Å²) in [6.45, 7) is 0. The summed E-state index contributed by atoms with van der Waals surface area (Å²) in [5.74, 6) is 0.0246. The molecule has 1 aromatic carbocycles. The maximum Gasteiger partial charge on any atom is 0.148 e. The molecule has 0 saturated heterocycles. The molecule has 0 spiro atoms. The number of nitriles is 1. The first-order valence-corrected chi connectivity index (χ1v) is 5.77. The molecule has 2 rings (SSSR count). The van der Waals surface area contributed by atoms with Crippen LogP contribution < -0.4 is 11.1 Å². The summed E-state index contributed by atoms with van der Waals surface area (Å²) in [6.07, 6.45) is 1.45. The molecule has 0 aliphatic carbocycles. The lowest BCUT2D eigenvalue weighted by Crippen LogP contribution is -1.99. The van der Waals surface area contributed by atoms with Gasteiger partial charge in [0.15, 0.2) is 0 Å². The zero-order valence-corrected chi connectivity index (χ0v) is 10.7. The predicted octanol–water partition coefficient (Wildman–Crippen LogP) is 3.18. The molecule has 0 amide bonds. The van der Waals surface area contributed by atoms with Crippen LogP contribution in [0.25, 0.3) is 0 Å². The zero-order chi connectivity index (χ0) is 13.1. The molecular formula is C12H8BrFN4. The number of pyridine rings is 1. The highest BCUT2D eigenvalue weighted by molar-refractivity contribution is 9.10. The molecule has 2 aromatic rings. The van der Waals surface area contributed by atoms with E-state index in [1.54, 1.807) is 12.1 Å². The Morgan fingerprint density at radius 1 is 1.39 bits per heavy atom. The number of nitrogen functional groups attached to an aromatic ring is 1. The van der Waals surface area contributed by atoms with Crippen LogP contribution in [0, 0.1) is 17.1 Å². The van der Waals surface area contributed by atoms with Crippen molar-refractivity contribution in [2.45, 2.75) is 0 Å². The zero-order valence-electron chi connectivity index (χ0n) is 9.11. The van der Waals surface area contributed by atoms with E-state index in [2.05, 4.69) is 26.2 Å². The number of nitrogens with zero attached hydrogens (tertiary/aromatic N) is 2. The van der Waals surface area contributed by atoms with Crippen LogP contribution in [0.15, 0.2) is 34.9 Å². The second kappa shape index (κ2) is 5.02. The molecular weight excluding hydrogens is 299 g/mol. The van der Waals surface area contributed by atoms with Crippen LogP contribution in [0.3, 0.4) is 0 Å². The van der Waals surface area contributed by atoms with Gasteiger partial charge in [-0.3, -0.25) is 0 Å². The molecule has 1 heterocycles. The summed E-state index contributed by atoms with van der Waals surface area (Å²) in [6, 6.07) is 7.95. The molecule has 4 nitrogen and oxygen atoms in total. The van der Waals surface area contributed by atoms with E-state index in [-0.39, 0.29) is 5.82 Å². The number of aromatic nitrogens is 1. The average molecular weight is 307 g/mol. The van der Waals surface area contributed by atoms with Gasteiger partial charge in [-0.2, -0.15) is 5.26 Å². The molecule has 0 aliphatic rings. The fourth-order valence-corrected chi connectivity index (χ4v) is 1.76. The Kier molecular flexibility index (Phi) is 3.44. The minimum Gasteiger partial charge on any atom is -0.397 e. The average Bonchev–Trinajstić information content (AvgIpc) is 2.36. The van der Waals surface area contributed by atoms with Gasteiger partial charge in [-0.25, -0.2) is 9.37 Å². The van der Waals surface area contributed by atoms with Gasteiger partial charge in [-0.05, 0) is 40.2 Å². The van der Waals surface area contributed by atoms with Crippen molar-refractivity contribution in [3.05, 3.63) is 46.3 Å². The van der Waals surface area contributed by atoms with E-state index in [4.69, 9.17) is 11.0 Å². The normalized spacial score (nSPS) is 9.83. The van der Waals surface area contributed by atoms with Gasteiger partial charge >= 0.3 is 0 Å². The minimum atomic E-state index is -0.355. The molecule has 0 fully saturated rings. The van der Waals surface area contributed by atoms with Gasteiger partial charge < -0.3 is 11.1 Å². The van der Waals surface area contributed by atoms with Crippen LogP contribution in [0.1, 0.15) is 5.56 Å². The van der Waals surface area contributed by atoms with Crippen molar-refractivity contribution in [1.82, 2.24) is 4.98 Å². The highest BCUT2D eigenvalue weighted by Gasteiger charge is 2.06. The van der Waals surface area contributed by atoms with Gasteiger partial charge in [0, 0.05) is 5.69 Å². The van der Waals surface area contributed by atoms with Crippen LogP contribution in [-0.4, -0.2) is 4.98 Å². The van der Waals surface area contributed by atoms with Gasteiger partial charge in [0.05, 0.1) is 21.9 Å². The second-order valence-electron chi connectivity index (χ2n) is 3.53. The number of rotatable bonds is 2. The summed E-state index contributed by atoms with van der Waals surface area (Å²) in [5, 5.41) is 11.9. The van der Waals surface area contributed by atoms with E-state index in [0.717, 1.165) is 0 Å². The van der Waals surface area contributed by atoms with Crippen LogP contribution in [0.2, 0.25) is 0 Å². The Morgan fingerprint density at radius 2 is 2.17 bits per heavy atom. The molecule has 90 valence electrons. The van der Waals surface area contributed by atoms with Crippen molar-refractivity contribution < 1.29 is 4.39 Å². The monoisotopic (exact) mass is 306 g/mol. The number of hydrogen-bond donors (Lipinski definition) is 2. The predicted molar refractivity (Wildman–Crippen MR) is 70.7 cm³/mol. The van der Waals surface area contributed by atoms with Gasteiger partial charge in [-0.1, -0.05) is 0 Å². The van der Waals surface area contributed by atoms with Crippen molar-refractivity contribution in [3.63, 3.8) is 0 Å². The summed E-state index contributed by atoms with van der Waals surface area (Å²) in [4.78, 5) is 4.03. The number of anilines is 3. The smallest absolute Gasteiger partial charge is 0.148 e. The van der Waals surface area contributed by atoms with E-state index >= 15 is 0 Å². The van der Waals surface area contributed by atoms with E-state index in [1.807, 2.05) is 6.07 Å². The highest BCUT2D eigenvalue weighted by Crippen LogP contribution is 2.24. The lowest BCUT2D eigenvalue weighted by molar-refractivity contribution is 0.621. The Labute approximate surface area is 111 Å². The topological polar surface area (TPSA) is 74.7 Å².